The highest BCUT2D eigenvalue weighted by Crippen LogP contribution is 2.22. The molecule has 0 heterocycles. The zero-order valence-electron chi connectivity index (χ0n) is 8.92. The summed E-state index contributed by atoms with van der Waals surface area (Å²) in [4.78, 5) is 13.8. The van der Waals surface area contributed by atoms with Gasteiger partial charge in [0.2, 0.25) is 0 Å². The van der Waals surface area contributed by atoms with Crippen LogP contribution in [0.3, 0.4) is 0 Å². The van der Waals surface area contributed by atoms with Crippen LogP contribution in [-0.4, -0.2) is 30.8 Å². The van der Waals surface area contributed by atoms with Gasteiger partial charge in [0.15, 0.2) is 5.78 Å². The van der Waals surface area contributed by atoms with Gasteiger partial charge in [0.25, 0.3) is 0 Å². The van der Waals surface area contributed by atoms with Crippen molar-refractivity contribution >= 4 is 29.0 Å². The molecule has 0 fully saturated rings. The lowest BCUT2D eigenvalue weighted by Crippen LogP contribution is -2.32. The maximum Gasteiger partial charge on any atom is 0.181 e. The molecule has 0 N–H and O–H groups in total. The fourth-order valence-corrected chi connectivity index (χ4v) is 1.65. The van der Waals surface area contributed by atoms with E-state index in [0.717, 1.165) is 0 Å². The molecule has 0 radical (unpaired) electrons. The molecule has 2 nitrogen and oxygen atoms in total. The van der Waals surface area contributed by atoms with Crippen LogP contribution < -0.4 is 0 Å². The van der Waals surface area contributed by atoms with Crippen LogP contribution in [0.4, 0.5) is 0 Å². The van der Waals surface area contributed by atoms with Gasteiger partial charge in [-0.05, 0) is 39.2 Å². The van der Waals surface area contributed by atoms with Crippen LogP contribution in [0.1, 0.15) is 17.3 Å². The van der Waals surface area contributed by atoms with Crippen LogP contribution in [0.2, 0.25) is 10.0 Å². The summed E-state index contributed by atoms with van der Waals surface area (Å²) in [6, 6.07) is 4.72. The van der Waals surface area contributed by atoms with Crippen LogP contribution in [-0.2, 0) is 0 Å². The maximum absolute atomic E-state index is 11.9. The summed E-state index contributed by atoms with van der Waals surface area (Å²) in [5.74, 6) is 0.00154. The standard InChI is InChI=1S/C11H13Cl2NO/c1-7(14(2)3)11(15)9-5-4-8(12)6-10(9)13/h4-7H,1-3H3. The minimum absolute atomic E-state index is 0.00154. The van der Waals surface area contributed by atoms with E-state index < -0.39 is 0 Å². The van der Waals surface area contributed by atoms with Gasteiger partial charge in [0.1, 0.15) is 0 Å². The number of likely N-dealkylation sites (N-methyl/N-ethyl adjacent to an activating group) is 1. The third kappa shape index (κ3) is 2.94. The topological polar surface area (TPSA) is 20.3 Å². The quantitative estimate of drug-likeness (QED) is 0.763. The Kier molecular flexibility index (Phi) is 4.14. The van der Waals surface area contributed by atoms with Crippen molar-refractivity contribution < 1.29 is 4.79 Å². The number of nitrogens with zero attached hydrogens (tertiary/aromatic N) is 1. The summed E-state index contributed by atoms with van der Waals surface area (Å²) in [5, 5.41) is 0.940. The third-order valence-electron chi connectivity index (χ3n) is 2.35. The van der Waals surface area contributed by atoms with Crippen LogP contribution in [0.25, 0.3) is 0 Å². The molecule has 4 heteroatoms. The molecule has 0 spiro atoms. The van der Waals surface area contributed by atoms with E-state index in [0.29, 0.717) is 15.6 Å². The van der Waals surface area contributed by atoms with Gasteiger partial charge < -0.3 is 0 Å². The number of hydrogen-bond acceptors (Lipinski definition) is 2. The van der Waals surface area contributed by atoms with Crippen molar-refractivity contribution in [1.29, 1.82) is 0 Å². The van der Waals surface area contributed by atoms with Crippen molar-refractivity contribution in [3.8, 4) is 0 Å². The van der Waals surface area contributed by atoms with Gasteiger partial charge in [-0.3, -0.25) is 9.69 Å². The normalized spacial score (nSPS) is 12.9. The van der Waals surface area contributed by atoms with E-state index in [9.17, 15) is 4.79 Å². The molecule has 1 unspecified atom stereocenters. The van der Waals surface area contributed by atoms with E-state index in [2.05, 4.69) is 0 Å². The highest BCUT2D eigenvalue weighted by Gasteiger charge is 2.19. The molecular weight excluding hydrogens is 233 g/mol. The number of halogens is 2. The molecule has 1 aromatic rings. The van der Waals surface area contributed by atoms with Crippen LogP contribution in [0, 0.1) is 0 Å². The minimum atomic E-state index is -0.191. The summed E-state index contributed by atoms with van der Waals surface area (Å²) in [5.41, 5.74) is 0.516. The van der Waals surface area contributed by atoms with E-state index in [-0.39, 0.29) is 11.8 Å². The molecule has 0 bridgehead atoms. The number of carbonyl (C=O) groups excluding carboxylic acids is 1. The number of hydrogen-bond donors (Lipinski definition) is 0. The van der Waals surface area contributed by atoms with Crippen molar-refractivity contribution in [2.45, 2.75) is 13.0 Å². The van der Waals surface area contributed by atoms with Gasteiger partial charge in [-0.1, -0.05) is 23.2 Å². The smallest absolute Gasteiger partial charge is 0.181 e. The molecule has 1 rings (SSSR count). The fraction of sp³-hybridized carbons (Fsp3) is 0.364. The van der Waals surface area contributed by atoms with Gasteiger partial charge in [-0.25, -0.2) is 0 Å². The number of Topliss-reactive ketones (excluding diaryl/α,β-unsaturated/α-hetero) is 1. The lowest BCUT2D eigenvalue weighted by Gasteiger charge is -2.18. The second kappa shape index (κ2) is 4.97. The number of ketones is 1. The van der Waals surface area contributed by atoms with E-state index in [1.807, 2.05) is 25.9 Å². The van der Waals surface area contributed by atoms with E-state index in [1.54, 1.807) is 18.2 Å². The first-order valence-corrected chi connectivity index (χ1v) is 5.34. The van der Waals surface area contributed by atoms with Gasteiger partial charge >= 0.3 is 0 Å². The number of rotatable bonds is 3. The Balaban J connectivity index is 3.01. The molecule has 0 aromatic heterocycles. The van der Waals surface area contributed by atoms with Crippen LogP contribution in [0.5, 0.6) is 0 Å². The molecule has 0 aliphatic carbocycles. The molecule has 0 saturated carbocycles. The second-order valence-corrected chi connectivity index (χ2v) is 4.47. The predicted molar refractivity (Wildman–Crippen MR) is 63.9 cm³/mol. The Labute approximate surface area is 99.8 Å². The first-order valence-electron chi connectivity index (χ1n) is 4.59. The van der Waals surface area contributed by atoms with E-state index in [1.165, 1.54) is 0 Å². The van der Waals surface area contributed by atoms with Crippen molar-refractivity contribution in [1.82, 2.24) is 4.90 Å². The Bertz CT molecular complexity index is 377. The van der Waals surface area contributed by atoms with Crippen molar-refractivity contribution in [3.63, 3.8) is 0 Å². The monoisotopic (exact) mass is 245 g/mol. The molecule has 1 aromatic carbocycles. The molecule has 82 valence electrons. The van der Waals surface area contributed by atoms with Crippen LogP contribution >= 0.6 is 23.2 Å². The zero-order valence-corrected chi connectivity index (χ0v) is 10.4. The first-order chi connectivity index (χ1) is 6.93. The molecule has 0 saturated heterocycles. The second-order valence-electron chi connectivity index (χ2n) is 3.63. The average molecular weight is 246 g/mol. The Hall–Kier alpha value is -0.570. The van der Waals surface area contributed by atoms with Gasteiger partial charge in [-0.15, -0.1) is 0 Å². The predicted octanol–water partition coefficient (Wildman–Crippen LogP) is 3.13. The number of benzene rings is 1. The van der Waals surface area contributed by atoms with Crippen LogP contribution in [0.15, 0.2) is 18.2 Å². The van der Waals surface area contributed by atoms with Crippen molar-refractivity contribution in [2.24, 2.45) is 0 Å². The lowest BCUT2D eigenvalue weighted by atomic mass is 10.0. The third-order valence-corrected chi connectivity index (χ3v) is 2.90. The SMILES string of the molecule is CC(C(=O)c1ccc(Cl)cc1Cl)N(C)C. The summed E-state index contributed by atoms with van der Waals surface area (Å²) in [7, 11) is 3.71. The molecule has 15 heavy (non-hydrogen) atoms. The minimum Gasteiger partial charge on any atom is -0.300 e. The van der Waals surface area contributed by atoms with Crippen molar-refractivity contribution in [3.05, 3.63) is 33.8 Å². The summed E-state index contributed by atoms with van der Waals surface area (Å²) < 4.78 is 0. The van der Waals surface area contributed by atoms with Gasteiger partial charge in [0.05, 0.1) is 11.1 Å². The Morgan fingerprint density at radius 1 is 1.33 bits per heavy atom. The van der Waals surface area contributed by atoms with Crippen molar-refractivity contribution in [2.75, 3.05) is 14.1 Å². The van der Waals surface area contributed by atoms with E-state index >= 15 is 0 Å². The molecule has 0 amide bonds. The average Bonchev–Trinajstić information content (AvgIpc) is 2.15. The molecular formula is C11H13Cl2NO. The Morgan fingerprint density at radius 3 is 2.40 bits per heavy atom. The first kappa shape index (κ1) is 12.5. The number of carbonyl (C=O) groups is 1. The summed E-state index contributed by atoms with van der Waals surface area (Å²) >= 11 is 11.7. The molecule has 0 aliphatic rings. The highest BCUT2D eigenvalue weighted by molar-refractivity contribution is 6.37. The summed E-state index contributed by atoms with van der Waals surface area (Å²) in [6.45, 7) is 1.84. The lowest BCUT2D eigenvalue weighted by molar-refractivity contribution is 0.0891. The van der Waals surface area contributed by atoms with Gasteiger partial charge in [-0.2, -0.15) is 0 Å². The Morgan fingerprint density at radius 2 is 1.93 bits per heavy atom. The van der Waals surface area contributed by atoms with E-state index in [4.69, 9.17) is 23.2 Å². The highest BCUT2D eigenvalue weighted by atomic mass is 35.5. The fourth-order valence-electron chi connectivity index (χ4n) is 1.15. The maximum atomic E-state index is 11.9. The largest absolute Gasteiger partial charge is 0.300 e. The molecule has 1 atom stereocenters. The summed E-state index contributed by atoms with van der Waals surface area (Å²) in [6.07, 6.45) is 0. The zero-order chi connectivity index (χ0) is 11.6. The van der Waals surface area contributed by atoms with Gasteiger partial charge in [0, 0.05) is 10.6 Å². The molecule has 0 aliphatic heterocycles.